The average Bonchev–Trinajstić information content (AvgIpc) is 2.86. The molecule has 2 aromatic rings. The number of nitrogens with zero attached hydrogens (tertiary/aromatic N) is 4. The Balaban J connectivity index is 2.30. The molecule has 114 valence electrons. The van der Waals surface area contributed by atoms with E-state index in [-0.39, 0.29) is 10.8 Å². The van der Waals surface area contributed by atoms with Gasteiger partial charge in [0.1, 0.15) is 10.8 Å². The van der Waals surface area contributed by atoms with Gasteiger partial charge in [0.15, 0.2) is 4.34 Å². The molecule has 0 unspecified atom stereocenters. The lowest BCUT2D eigenvalue weighted by molar-refractivity contribution is -0.137. The molecule has 0 aromatic carbocycles. The zero-order valence-corrected chi connectivity index (χ0v) is 12.6. The Morgan fingerprint density at radius 2 is 2.00 bits per heavy atom. The summed E-state index contributed by atoms with van der Waals surface area (Å²) in [6.07, 6.45) is -4.47. The van der Waals surface area contributed by atoms with E-state index in [1.165, 1.54) is 11.3 Å². The van der Waals surface area contributed by atoms with Crippen LogP contribution >= 0.6 is 23.1 Å². The number of hydrogen-bond donors (Lipinski definition) is 2. The predicted octanol–water partition coefficient (Wildman–Crippen LogP) is 2.45. The number of aromatic nitrogens is 3. The van der Waals surface area contributed by atoms with E-state index >= 15 is 0 Å². The maximum absolute atomic E-state index is 12.8. The van der Waals surface area contributed by atoms with E-state index in [0.29, 0.717) is 9.47 Å². The summed E-state index contributed by atoms with van der Waals surface area (Å²) >= 11 is 2.25. The van der Waals surface area contributed by atoms with E-state index < -0.39 is 11.7 Å². The first-order valence-electron chi connectivity index (χ1n) is 5.54. The highest BCUT2D eigenvalue weighted by Crippen LogP contribution is 2.36. The van der Waals surface area contributed by atoms with Crippen LogP contribution in [0.5, 0.6) is 0 Å². The van der Waals surface area contributed by atoms with E-state index in [0.717, 1.165) is 23.9 Å². The second-order valence-corrected chi connectivity index (χ2v) is 6.29. The van der Waals surface area contributed by atoms with Gasteiger partial charge in [-0.15, -0.1) is 10.2 Å². The molecule has 0 spiro atoms. The van der Waals surface area contributed by atoms with Crippen LogP contribution < -0.4 is 16.2 Å². The van der Waals surface area contributed by atoms with Crippen LogP contribution in [0.15, 0.2) is 21.5 Å². The number of nitrogens with one attached hydrogen (secondary N) is 1. The number of pyridine rings is 1. The van der Waals surface area contributed by atoms with Crippen molar-refractivity contribution >= 4 is 34.0 Å². The Hall–Kier alpha value is -1.59. The summed E-state index contributed by atoms with van der Waals surface area (Å²) in [5, 5.41) is 8.60. The number of hydrogen-bond acceptors (Lipinski definition) is 8. The first-order valence-corrected chi connectivity index (χ1v) is 7.17. The van der Waals surface area contributed by atoms with E-state index in [9.17, 15) is 13.2 Å². The van der Waals surface area contributed by atoms with Gasteiger partial charge in [0.25, 0.3) is 0 Å². The molecule has 2 aromatic heterocycles. The van der Waals surface area contributed by atoms with Crippen molar-refractivity contribution < 1.29 is 13.2 Å². The normalized spacial score (nSPS) is 11.5. The van der Waals surface area contributed by atoms with Crippen molar-refractivity contribution in [2.24, 2.45) is 5.84 Å². The van der Waals surface area contributed by atoms with Crippen molar-refractivity contribution in [1.29, 1.82) is 0 Å². The number of nitrogen functional groups attached to an aromatic ring is 1. The van der Waals surface area contributed by atoms with Gasteiger partial charge in [-0.1, -0.05) is 11.3 Å². The first-order chi connectivity index (χ1) is 9.79. The van der Waals surface area contributed by atoms with E-state index in [4.69, 9.17) is 5.84 Å². The van der Waals surface area contributed by atoms with Crippen LogP contribution in [0.3, 0.4) is 0 Å². The zero-order chi connectivity index (χ0) is 15.6. The Morgan fingerprint density at radius 1 is 1.29 bits per heavy atom. The fraction of sp³-hybridized carbons (Fsp3) is 0.300. The number of hydrazine groups is 1. The third kappa shape index (κ3) is 3.95. The van der Waals surface area contributed by atoms with Crippen LogP contribution in [0, 0.1) is 0 Å². The standard InChI is InChI=1S/C10H11F3N6S2/c1-19(2)8-17-18-9(21-8)20-7-4-5(10(11,12)13)3-6(15-7)16-14/h3-4H,14H2,1-2H3,(H,15,16). The smallest absolute Gasteiger partial charge is 0.353 e. The van der Waals surface area contributed by atoms with Gasteiger partial charge in [-0.2, -0.15) is 13.2 Å². The summed E-state index contributed by atoms with van der Waals surface area (Å²) in [7, 11) is 3.60. The fourth-order valence-corrected chi connectivity index (χ4v) is 3.05. The molecule has 0 radical (unpaired) electrons. The lowest BCUT2D eigenvalue weighted by Gasteiger charge is -2.10. The van der Waals surface area contributed by atoms with Crippen molar-refractivity contribution in [3.05, 3.63) is 17.7 Å². The van der Waals surface area contributed by atoms with Gasteiger partial charge in [-0.3, -0.25) is 0 Å². The lowest BCUT2D eigenvalue weighted by Crippen LogP contribution is -2.12. The summed E-state index contributed by atoms with van der Waals surface area (Å²) in [6, 6.07) is 1.79. The predicted molar refractivity (Wildman–Crippen MR) is 75.4 cm³/mol. The molecular formula is C10H11F3N6S2. The fourth-order valence-electron chi connectivity index (χ4n) is 1.31. The maximum Gasteiger partial charge on any atom is 0.416 e. The summed E-state index contributed by atoms with van der Waals surface area (Å²) in [6.45, 7) is 0. The van der Waals surface area contributed by atoms with Crippen molar-refractivity contribution in [2.75, 3.05) is 24.4 Å². The van der Waals surface area contributed by atoms with Crippen molar-refractivity contribution in [2.45, 2.75) is 15.5 Å². The van der Waals surface area contributed by atoms with Gasteiger partial charge < -0.3 is 10.3 Å². The minimum absolute atomic E-state index is 0.0651. The van der Waals surface area contributed by atoms with Crippen LogP contribution in [-0.4, -0.2) is 29.3 Å². The Bertz CT molecular complexity index is 627. The number of alkyl halides is 3. The quantitative estimate of drug-likeness (QED) is 0.656. The molecule has 0 amide bonds. The number of anilines is 2. The van der Waals surface area contributed by atoms with Gasteiger partial charge in [-0.25, -0.2) is 10.8 Å². The average molecular weight is 336 g/mol. The Morgan fingerprint density at radius 3 is 2.52 bits per heavy atom. The minimum Gasteiger partial charge on any atom is -0.353 e. The molecule has 21 heavy (non-hydrogen) atoms. The lowest BCUT2D eigenvalue weighted by atomic mass is 10.2. The highest BCUT2D eigenvalue weighted by atomic mass is 32.2. The Kier molecular flexibility index (Phi) is 4.54. The molecule has 0 aliphatic rings. The molecule has 2 heterocycles. The second-order valence-electron chi connectivity index (χ2n) is 4.07. The molecular weight excluding hydrogens is 325 g/mol. The van der Waals surface area contributed by atoms with Gasteiger partial charge >= 0.3 is 6.18 Å². The summed E-state index contributed by atoms with van der Waals surface area (Å²) in [4.78, 5) is 5.73. The van der Waals surface area contributed by atoms with Crippen LogP contribution in [0.25, 0.3) is 0 Å². The SMILES string of the molecule is CN(C)c1nnc(Sc2cc(C(F)(F)F)cc(NN)n2)s1. The number of nitrogens with two attached hydrogens (primary N) is 1. The van der Waals surface area contributed by atoms with Crippen molar-refractivity contribution in [3.63, 3.8) is 0 Å². The summed E-state index contributed by atoms with van der Waals surface area (Å²) in [5.41, 5.74) is 1.30. The molecule has 0 aliphatic carbocycles. The largest absolute Gasteiger partial charge is 0.416 e. The summed E-state index contributed by atoms with van der Waals surface area (Å²) < 4.78 is 38.9. The third-order valence-corrected chi connectivity index (χ3v) is 4.31. The topological polar surface area (TPSA) is 80.0 Å². The van der Waals surface area contributed by atoms with Gasteiger partial charge in [-0.05, 0) is 23.9 Å². The second kappa shape index (κ2) is 6.03. The van der Waals surface area contributed by atoms with Crippen molar-refractivity contribution in [3.8, 4) is 0 Å². The molecule has 11 heteroatoms. The molecule has 0 aliphatic heterocycles. The first kappa shape index (κ1) is 15.8. The highest BCUT2D eigenvalue weighted by molar-refractivity contribution is 8.01. The molecule has 0 atom stereocenters. The molecule has 2 rings (SSSR count). The third-order valence-electron chi connectivity index (χ3n) is 2.25. The Labute approximate surface area is 126 Å². The maximum atomic E-state index is 12.8. The molecule has 0 saturated heterocycles. The molecule has 3 N–H and O–H groups in total. The van der Waals surface area contributed by atoms with Gasteiger partial charge in [0, 0.05) is 14.1 Å². The van der Waals surface area contributed by atoms with Crippen LogP contribution in [-0.2, 0) is 6.18 Å². The molecule has 0 saturated carbocycles. The minimum atomic E-state index is -4.47. The monoisotopic (exact) mass is 336 g/mol. The number of halogens is 3. The van der Waals surface area contributed by atoms with Crippen LogP contribution in [0.2, 0.25) is 0 Å². The van der Waals surface area contributed by atoms with E-state index in [1.807, 2.05) is 0 Å². The highest BCUT2D eigenvalue weighted by Gasteiger charge is 2.31. The molecule has 0 bridgehead atoms. The van der Waals surface area contributed by atoms with E-state index in [1.54, 1.807) is 19.0 Å². The van der Waals surface area contributed by atoms with Crippen molar-refractivity contribution in [1.82, 2.24) is 15.2 Å². The summed E-state index contributed by atoms with van der Waals surface area (Å²) in [5.74, 6) is 5.08. The van der Waals surface area contributed by atoms with Crippen LogP contribution in [0.1, 0.15) is 5.56 Å². The van der Waals surface area contributed by atoms with E-state index in [2.05, 4.69) is 20.6 Å². The zero-order valence-electron chi connectivity index (χ0n) is 11.0. The molecule has 0 fully saturated rings. The van der Waals surface area contributed by atoms with Gasteiger partial charge in [0.05, 0.1) is 5.56 Å². The van der Waals surface area contributed by atoms with Crippen LogP contribution in [0.4, 0.5) is 24.1 Å². The number of rotatable bonds is 4. The van der Waals surface area contributed by atoms with Gasteiger partial charge in [0.2, 0.25) is 5.13 Å². The molecule has 6 nitrogen and oxygen atoms in total.